The Bertz CT molecular complexity index is 630. The first-order chi connectivity index (χ1) is 8.51. The van der Waals surface area contributed by atoms with Crippen molar-refractivity contribution in [2.45, 2.75) is 24.8 Å². The van der Waals surface area contributed by atoms with E-state index in [2.05, 4.69) is 20.0 Å². The minimum atomic E-state index is -3.60. The molecule has 18 heavy (non-hydrogen) atoms. The zero-order valence-corrected chi connectivity index (χ0v) is 10.8. The van der Waals surface area contributed by atoms with Gasteiger partial charge in [-0.3, -0.25) is 4.68 Å². The van der Waals surface area contributed by atoms with Crippen molar-refractivity contribution >= 4 is 10.0 Å². The molecule has 0 aliphatic rings. The van der Waals surface area contributed by atoms with Crippen LogP contribution >= 0.6 is 0 Å². The molecule has 98 valence electrons. The van der Waals surface area contributed by atoms with Crippen LogP contribution in [0.4, 0.5) is 0 Å². The van der Waals surface area contributed by atoms with E-state index < -0.39 is 10.0 Å². The summed E-state index contributed by atoms with van der Waals surface area (Å²) in [6, 6.07) is 0. The Kier molecular flexibility index (Phi) is 3.43. The first-order valence-electron chi connectivity index (χ1n) is 5.31. The molecular weight excluding hydrogens is 258 g/mol. The third-order valence-electron chi connectivity index (χ3n) is 2.23. The molecule has 0 atom stereocenters. The summed E-state index contributed by atoms with van der Waals surface area (Å²) < 4.78 is 32.3. The zero-order valence-electron chi connectivity index (χ0n) is 9.99. The Labute approximate surface area is 104 Å². The molecule has 0 fully saturated rings. The quantitative estimate of drug-likeness (QED) is 0.810. The summed E-state index contributed by atoms with van der Waals surface area (Å²) in [5.74, 6) is 0.782. The van der Waals surface area contributed by atoms with Gasteiger partial charge in [0.2, 0.25) is 15.9 Å². The van der Waals surface area contributed by atoms with Crippen molar-refractivity contribution in [1.82, 2.24) is 24.6 Å². The molecule has 0 saturated heterocycles. The highest BCUT2D eigenvalue weighted by atomic mass is 32.2. The predicted molar refractivity (Wildman–Crippen MR) is 60.9 cm³/mol. The number of nitrogens with zero attached hydrogens (tertiary/aromatic N) is 4. The van der Waals surface area contributed by atoms with Crippen LogP contribution in [0.15, 0.2) is 21.8 Å². The topological polar surface area (TPSA) is 103 Å². The maximum Gasteiger partial charge on any atom is 0.244 e. The van der Waals surface area contributed by atoms with E-state index in [0.717, 1.165) is 0 Å². The lowest BCUT2D eigenvalue weighted by Crippen LogP contribution is -2.23. The molecule has 2 aromatic heterocycles. The molecule has 0 aromatic carbocycles. The van der Waals surface area contributed by atoms with Crippen LogP contribution in [0, 0.1) is 0 Å². The number of hydrogen-bond acceptors (Lipinski definition) is 6. The molecule has 0 saturated carbocycles. The Balaban J connectivity index is 2.05. The van der Waals surface area contributed by atoms with Gasteiger partial charge in [0.15, 0.2) is 5.82 Å². The molecule has 0 radical (unpaired) electrons. The van der Waals surface area contributed by atoms with Gasteiger partial charge in [0.25, 0.3) is 0 Å². The van der Waals surface area contributed by atoms with Gasteiger partial charge in [-0.05, 0) is 0 Å². The standard InChI is InChI=1S/C9H13N5O3S/c1-3-8-12-9(17-13-8)5-11-18(15,16)7-4-10-14(2)6-7/h4,6,11H,3,5H2,1-2H3. The Morgan fingerprint density at radius 2 is 2.28 bits per heavy atom. The number of nitrogens with one attached hydrogen (secondary N) is 1. The van der Waals surface area contributed by atoms with Gasteiger partial charge in [0, 0.05) is 19.7 Å². The van der Waals surface area contributed by atoms with Crippen LogP contribution in [0.5, 0.6) is 0 Å². The molecule has 0 amide bonds. The van der Waals surface area contributed by atoms with Crippen molar-refractivity contribution in [3.63, 3.8) is 0 Å². The Morgan fingerprint density at radius 1 is 1.50 bits per heavy atom. The van der Waals surface area contributed by atoms with E-state index >= 15 is 0 Å². The van der Waals surface area contributed by atoms with Crippen molar-refractivity contribution in [2.75, 3.05) is 0 Å². The van der Waals surface area contributed by atoms with Crippen molar-refractivity contribution in [3.05, 3.63) is 24.1 Å². The summed E-state index contributed by atoms with van der Waals surface area (Å²) in [6.07, 6.45) is 3.32. The number of hydrogen-bond donors (Lipinski definition) is 1. The van der Waals surface area contributed by atoms with Crippen LogP contribution in [-0.2, 0) is 30.0 Å². The molecule has 0 spiro atoms. The third kappa shape index (κ3) is 2.74. The van der Waals surface area contributed by atoms with Crippen LogP contribution in [0.3, 0.4) is 0 Å². The predicted octanol–water partition coefficient (Wildman–Crippen LogP) is -0.156. The van der Waals surface area contributed by atoms with Crippen molar-refractivity contribution in [3.8, 4) is 0 Å². The maximum absolute atomic E-state index is 11.8. The van der Waals surface area contributed by atoms with Crippen LogP contribution < -0.4 is 4.72 Å². The van der Waals surface area contributed by atoms with E-state index in [1.54, 1.807) is 7.05 Å². The lowest BCUT2D eigenvalue weighted by Gasteiger charge is -2.00. The van der Waals surface area contributed by atoms with Crippen LogP contribution in [-0.4, -0.2) is 28.3 Å². The van der Waals surface area contributed by atoms with E-state index in [4.69, 9.17) is 4.52 Å². The molecule has 2 heterocycles. The fourth-order valence-electron chi connectivity index (χ4n) is 1.28. The fourth-order valence-corrected chi connectivity index (χ4v) is 2.24. The molecule has 2 rings (SSSR count). The summed E-state index contributed by atoms with van der Waals surface area (Å²) in [5.41, 5.74) is 0. The first-order valence-corrected chi connectivity index (χ1v) is 6.79. The summed E-state index contributed by atoms with van der Waals surface area (Å²) in [4.78, 5) is 4.10. The van der Waals surface area contributed by atoms with E-state index in [-0.39, 0.29) is 17.3 Å². The van der Waals surface area contributed by atoms with Gasteiger partial charge in [-0.15, -0.1) is 0 Å². The highest BCUT2D eigenvalue weighted by molar-refractivity contribution is 7.89. The Morgan fingerprint density at radius 3 is 2.83 bits per heavy atom. The second kappa shape index (κ2) is 4.86. The SMILES string of the molecule is CCc1noc(CNS(=O)(=O)c2cnn(C)c2)n1. The van der Waals surface area contributed by atoms with E-state index in [1.165, 1.54) is 17.1 Å². The summed E-state index contributed by atoms with van der Waals surface area (Å²) in [5, 5.41) is 7.48. The molecule has 9 heteroatoms. The van der Waals surface area contributed by atoms with Crippen molar-refractivity contribution < 1.29 is 12.9 Å². The average Bonchev–Trinajstić information content (AvgIpc) is 2.95. The molecule has 0 bridgehead atoms. The molecule has 1 N–H and O–H groups in total. The zero-order chi connectivity index (χ0) is 13.2. The maximum atomic E-state index is 11.8. The van der Waals surface area contributed by atoms with Crippen LogP contribution in [0.25, 0.3) is 0 Å². The van der Waals surface area contributed by atoms with Gasteiger partial charge in [0.05, 0.1) is 12.7 Å². The third-order valence-corrected chi connectivity index (χ3v) is 3.59. The lowest BCUT2D eigenvalue weighted by atomic mass is 10.5. The Hall–Kier alpha value is -1.74. The molecule has 0 unspecified atom stereocenters. The number of aromatic nitrogens is 4. The van der Waals surface area contributed by atoms with Gasteiger partial charge in [-0.1, -0.05) is 12.1 Å². The summed E-state index contributed by atoms with van der Waals surface area (Å²) in [6.45, 7) is 1.85. The average molecular weight is 271 g/mol. The van der Waals surface area contributed by atoms with Gasteiger partial charge in [0.1, 0.15) is 4.90 Å². The normalized spacial score (nSPS) is 11.9. The number of rotatable bonds is 5. The molecule has 2 aromatic rings. The molecule has 8 nitrogen and oxygen atoms in total. The minimum absolute atomic E-state index is 0.0375. The van der Waals surface area contributed by atoms with Gasteiger partial charge in [-0.25, -0.2) is 13.1 Å². The monoisotopic (exact) mass is 271 g/mol. The van der Waals surface area contributed by atoms with Crippen molar-refractivity contribution in [2.24, 2.45) is 7.05 Å². The minimum Gasteiger partial charge on any atom is -0.338 e. The number of aryl methyl sites for hydroxylation is 2. The largest absolute Gasteiger partial charge is 0.338 e. The van der Waals surface area contributed by atoms with Gasteiger partial charge < -0.3 is 4.52 Å². The molecular formula is C9H13N5O3S. The van der Waals surface area contributed by atoms with Crippen molar-refractivity contribution in [1.29, 1.82) is 0 Å². The lowest BCUT2D eigenvalue weighted by molar-refractivity contribution is 0.370. The second-order valence-electron chi connectivity index (χ2n) is 3.63. The first kappa shape index (κ1) is 12.7. The number of sulfonamides is 1. The van der Waals surface area contributed by atoms with Crippen LogP contribution in [0.2, 0.25) is 0 Å². The van der Waals surface area contributed by atoms with E-state index in [0.29, 0.717) is 12.2 Å². The summed E-state index contributed by atoms with van der Waals surface area (Å²) >= 11 is 0. The smallest absolute Gasteiger partial charge is 0.244 e. The molecule has 0 aliphatic heterocycles. The summed E-state index contributed by atoms with van der Waals surface area (Å²) in [7, 11) is -1.95. The van der Waals surface area contributed by atoms with Gasteiger partial charge >= 0.3 is 0 Å². The van der Waals surface area contributed by atoms with Gasteiger partial charge in [-0.2, -0.15) is 10.1 Å². The second-order valence-corrected chi connectivity index (χ2v) is 5.40. The highest BCUT2D eigenvalue weighted by Crippen LogP contribution is 2.07. The highest BCUT2D eigenvalue weighted by Gasteiger charge is 2.17. The fraction of sp³-hybridized carbons (Fsp3) is 0.444. The van der Waals surface area contributed by atoms with Crippen LogP contribution in [0.1, 0.15) is 18.6 Å². The molecule has 0 aliphatic carbocycles. The van der Waals surface area contributed by atoms with E-state index in [1.807, 2.05) is 6.92 Å². The van der Waals surface area contributed by atoms with E-state index in [9.17, 15) is 8.42 Å².